The van der Waals surface area contributed by atoms with E-state index in [9.17, 15) is 4.79 Å². The predicted octanol–water partition coefficient (Wildman–Crippen LogP) is 1.98. The molecule has 4 nitrogen and oxygen atoms in total. The Labute approximate surface area is 113 Å². The number of nitrogens with zero attached hydrogens (tertiary/aromatic N) is 2. The average Bonchev–Trinajstić information content (AvgIpc) is 2.33. The first kappa shape index (κ1) is 14.9. The van der Waals surface area contributed by atoms with Gasteiger partial charge in [-0.1, -0.05) is 18.5 Å². The minimum absolute atomic E-state index is 0.0900. The Hall–Kier alpha value is -1.13. The second-order valence-electron chi connectivity index (χ2n) is 4.44. The Kier molecular flexibility index (Phi) is 6.09. The highest BCUT2D eigenvalue weighted by Crippen LogP contribution is 2.11. The molecule has 1 N–H and O–H groups in total. The van der Waals surface area contributed by atoms with Gasteiger partial charge in [-0.2, -0.15) is 0 Å². The van der Waals surface area contributed by atoms with Crippen LogP contribution in [0.3, 0.4) is 0 Å². The fraction of sp³-hybridized carbons (Fsp3) is 0.538. The molecular formula is C13H20ClN3O. The van der Waals surface area contributed by atoms with Gasteiger partial charge in [-0.25, -0.2) is 4.98 Å². The van der Waals surface area contributed by atoms with E-state index < -0.39 is 0 Å². The van der Waals surface area contributed by atoms with Crippen LogP contribution in [-0.2, 0) is 6.42 Å². The summed E-state index contributed by atoms with van der Waals surface area (Å²) in [5, 5.41) is 3.25. The molecule has 5 heteroatoms. The third-order valence-electron chi connectivity index (χ3n) is 2.54. The Bertz CT molecular complexity index is 407. The molecule has 0 unspecified atom stereocenters. The summed E-state index contributed by atoms with van der Waals surface area (Å²) < 4.78 is 0. The highest BCUT2D eigenvalue weighted by atomic mass is 35.5. The SMILES string of the molecule is CCc1cc(C(=O)NCCCN(C)C)cc(Cl)n1. The van der Waals surface area contributed by atoms with E-state index in [-0.39, 0.29) is 5.91 Å². The minimum atomic E-state index is -0.0900. The molecule has 100 valence electrons. The average molecular weight is 270 g/mol. The van der Waals surface area contributed by atoms with Gasteiger partial charge < -0.3 is 10.2 Å². The van der Waals surface area contributed by atoms with Crippen LogP contribution in [0.25, 0.3) is 0 Å². The first-order valence-electron chi connectivity index (χ1n) is 6.12. The van der Waals surface area contributed by atoms with Crippen LogP contribution in [0.5, 0.6) is 0 Å². The van der Waals surface area contributed by atoms with Gasteiger partial charge in [0.25, 0.3) is 5.91 Å². The fourth-order valence-electron chi connectivity index (χ4n) is 1.56. The molecule has 1 aromatic heterocycles. The summed E-state index contributed by atoms with van der Waals surface area (Å²) in [5.41, 5.74) is 1.41. The number of nitrogens with one attached hydrogen (secondary N) is 1. The molecule has 0 aliphatic carbocycles. The lowest BCUT2D eigenvalue weighted by molar-refractivity contribution is 0.0952. The molecule has 0 fully saturated rings. The molecule has 0 bridgehead atoms. The number of pyridine rings is 1. The molecule has 1 amide bonds. The summed E-state index contributed by atoms with van der Waals surface area (Å²) >= 11 is 5.88. The molecule has 0 saturated carbocycles. The van der Waals surface area contributed by atoms with Crippen molar-refractivity contribution in [1.82, 2.24) is 15.2 Å². The van der Waals surface area contributed by atoms with E-state index >= 15 is 0 Å². The standard InChI is InChI=1S/C13H20ClN3O/c1-4-11-8-10(9-12(14)16-11)13(18)15-6-5-7-17(2)3/h8-9H,4-7H2,1-3H3,(H,15,18). The van der Waals surface area contributed by atoms with Crippen molar-refractivity contribution in [1.29, 1.82) is 0 Å². The Morgan fingerprint density at radius 3 is 2.78 bits per heavy atom. The van der Waals surface area contributed by atoms with Crippen LogP contribution in [0, 0.1) is 0 Å². The fourth-order valence-corrected chi connectivity index (χ4v) is 1.79. The lowest BCUT2D eigenvalue weighted by atomic mass is 10.2. The summed E-state index contributed by atoms with van der Waals surface area (Å²) in [6, 6.07) is 3.38. The first-order valence-corrected chi connectivity index (χ1v) is 6.50. The second kappa shape index (κ2) is 7.34. The van der Waals surface area contributed by atoms with E-state index in [1.54, 1.807) is 12.1 Å². The Morgan fingerprint density at radius 1 is 1.44 bits per heavy atom. The van der Waals surface area contributed by atoms with E-state index in [1.807, 2.05) is 21.0 Å². The van der Waals surface area contributed by atoms with E-state index in [4.69, 9.17) is 11.6 Å². The van der Waals surface area contributed by atoms with Crippen LogP contribution in [-0.4, -0.2) is 43.0 Å². The molecule has 0 aliphatic heterocycles. The molecule has 0 atom stereocenters. The summed E-state index contributed by atoms with van der Waals surface area (Å²) in [5.74, 6) is -0.0900. The lowest BCUT2D eigenvalue weighted by Gasteiger charge is -2.10. The van der Waals surface area contributed by atoms with E-state index in [0.717, 1.165) is 25.1 Å². The van der Waals surface area contributed by atoms with Gasteiger partial charge in [0.1, 0.15) is 5.15 Å². The van der Waals surface area contributed by atoms with Gasteiger partial charge in [-0.3, -0.25) is 4.79 Å². The number of rotatable bonds is 6. The smallest absolute Gasteiger partial charge is 0.251 e. The second-order valence-corrected chi connectivity index (χ2v) is 4.82. The Balaban J connectivity index is 2.53. The number of aryl methyl sites for hydroxylation is 1. The van der Waals surface area contributed by atoms with Crippen LogP contribution >= 0.6 is 11.6 Å². The predicted molar refractivity (Wildman–Crippen MR) is 74.1 cm³/mol. The number of aromatic nitrogens is 1. The van der Waals surface area contributed by atoms with Crippen molar-refractivity contribution < 1.29 is 4.79 Å². The van der Waals surface area contributed by atoms with Gasteiger partial charge in [-0.05, 0) is 45.6 Å². The molecular weight excluding hydrogens is 250 g/mol. The van der Waals surface area contributed by atoms with Gasteiger partial charge in [0.2, 0.25) is 0 Å². The minimum Gasteiger partial charge on any atom is -0.352 e. The van der Waals surface area contributed by atoms with Crippen LogP contribution in [0.2, 0.25) is 5.15 Å². The monoisotopic (exact) mass is 269 g/mol. The molecule has 0 aliphatic rings. The third kappa shape index (κ3) is 5.02. The first-order chi connectivity index (χ1) is 8.52. The number of carbonyl (C=O) groups is 1. The number of amides is 1. The van der Waals surface area contributed by atoms with Crippen LogP contribution < -0.4 is 5.32 Å². The zero-order valence-corrected chi connectivity index (χ0v) is 11.9. The number of hydrogen-bond acceptors (Lipinski definition) is 3. The van der Waals surface area contributed by atoms with Crippen molar-refractivity contribution in [3.8, 4) is 0 Å². The normalized spacial score (nSPS) is 10.7. The summed E-state index contributed by atoms with van der Waals surface area (Å²) in [7, 11) is 4.02. The van der Waals surface area contributed by atoms with Gasteiger partial charge in [-0.15, -0.1) is 0 Å². The zero-order valence-electron chi connectivity index (χ0n) is 11.2. The van der Waals surface area contributed by atoms with Gasteiger partial charge >= 0.3 is 0 Å². The number of carbonyl (C=O) groups excluding carboxylic acids is 1. The summed E-state index contributed by atoms with van der Waals surface area (Å²) in [6.07, 6.45) is 1.69. The van der Waals surface area contributed by atoms with Crippen molar-refractivity contribution in [2.75, 3.05) is 27.2 Å². The molecule has 1 aromatic rings. The molecule has 18 heavy (non-hydrogen) atoms. The third-order valence-corrected chi connectivity index (χ3v) is 2.73. The van der Waals surface area contributed by atoms with Crippen molar-refractivity contribution in [3.63, 3.8) is 0 Å². The molecule has 0 spiro atoms. The maximum absolute atomic E-state index is 11.9. The maximum atomic E-state index is 11.9. The van der Waals surface area contributed by atoms with E-state index in [1.165, 1.54) is 0 Å². The highest BCUT2D eigenvalue weighted by Gasteiger charge is 2.08. The van der Waals surface area contributed by atoms with Crippen LogP contribution in [0.15, 0.2) is 12.1 Å². The van der Waals surface area contributed by atoms with Crippen molar-refractivity contribution in [3.05, 3.63) is 28.5 Å². The number of halogens is 1. The van der Waals surface area contributed by atoms with Crippen LogP contribution in [0.1, 0.15) is 29.4 Å². The lowest BCUT2D eigenvalue weighted by Crippen LogP contribution is -2.27. The van der Waals surface area contributed by atoms with Gasteiger partial charge in [0.15, 0.2) is 0 Å². The maximum Gasteiger partial charge on any atom is 0.251 e. The summed E-state index contributed by atoms with van der Waals surface area (Å²) in [4.78, 5) is 18.1. The van der Waals surface area contributed by atoms with Crippen molar-refractivity contribution in [2.45, 2.75) is 19.8 Å². The zero-order chi connectivity index (χ0) is 13.5. The largest absolute Gasteiger partial charge is 0.352 e. The molecule has 1 rings (SSSR count). The van der Waals surface area contributed by atoms with Crippen LogP contribution in [0.4, 0.5) is 0 Å². The molecule has 0 radical (unpaired) electrons. The molecule has 0 aromatic carbocycles. The van der Waals surface area contributed by atoms with E-state index in [0.29, 0.717) is 17.3 Å². The topological polar surface area (TPSA) is 45.2 Å². The molecule has 1 heterocycles. The highest BCUT2D eigenvalue weighted by molar-refractivity contribution is 6.29. The van der Waals surface area contributed by atoms with Crippen molar-refractivity contribution >= 4 is 17.5 Å². The van der Waals surface area contributed by atoms with Gasteiger partial charge in [0.05, 0.1) is 0 Å². The summed E-state index contributed by atoms with van der Waals surface area (Å²) in [6.45, 7) is 3.60. The molecule has 0 saturated heterocycles. The van der Waals surface area contributed by atoms with E-state index in [2.05, 4.69) is 15.2 Å². The van der Waals surface area contributed by atoms with Gasteiger partial charge in [0, 0.05) is 17.8 Å². The number of hydrogen-bond donors (Lipinski definition) is 1. The Morgan fingerprint density at radius 2 is 2.17 bits per heavy atom. The quantitative estimate of drug-likeness (QED) is 0.634. The van der Waals surface area contributed by atoms with Crippen molar-refractivity contribution in [2.24, 2.45) is 0 Å².